The molecule has 3 aromatic heterocycles. The molecule has 0 saturated carbocycles. The Morgan fingerprint density at radius 3 is 2.51 bits per heavy atom. The van der Waals surface area contributed by atoms with Gasteiger partial charge in [0, 0.05) is 35.5 Å². The maximum Gasteiger partial charge on any atom is 0.315 e. The van der Waals surface area contributed by atoms with Crippen LogP contribution < -0.4 is 20.9 Å². The van der Waals surface area contributed by atoms with E-state index in [1.165, 1.54) is 12.8 Å². The van der Waals surface area contributed by atoms with Gasteiger partial charge in [-0.3, -0.25) is 4.79 Å². The number of aromatic nitrogens is 5. The molecule has 4 aromatic rings. The van der Waals surface area contributed by atoms with Gasteiger partial charge in [-0.1, -0.05) is 38.1 Å². The molecule has 1 unspecified atom stereocenters. The monoisotopic (exact) mass is 581 g/mol. The summed E-state index contributed by atoms with van der Waals surface area (Å²) in [5.41, 5.74) is 5.08. The second-order valence-electron chi connectivity index (χ2n) is 12.9. The smallest absolute Gasteiger partial charge is 0.315 e. The highest BCUT2D eigenvalue weighted by atomic mass is 16.5. The van der Waals surface area contributed by atoms with E-state index in [9.17, 15) is 4.79 Å². The lowest BCUT2D eigenvalue weighted by molar-refractivity contribution is 0.0895. The van der Waals surface area contributed by atoms with Crippen molar-refractivity contribution in [2.45, 2.75) is 58.9 Å². The number of piperidine rings is 1. The Labute approximate surface area is 251 Å². The molecule has 2 saturated heterocycles. The fourth-order valence-electron chi connectivity index (χ4n) is 5.86. The van der Waals surface area contributed by atoms with Gasteiger partial charge >= 0.3 is 11.8 Å². The van der Waals surface area contributed by atoms with Crippen LogP contribution in [0.2, 0.25) is 0 Å². The lowest BCUT2D eigenvalue weighted by Crippen LogP contribution is -2.60. The molecule has 2 aliphatic heterocycles. The van der Waals surface area contributed by atoms with Crippen LogP contribution in [0, 0.1) is 12.3 Å². The second kappa shape index (κ2) is 11.4. The summed E-state index contributed by atoms with van der Waals surface area (Å²) in [6.45, 7) is 14.3. The molecule has 5 heterocycles. The number of nitrogens with zero attached hydrogens (tertiary/aromatic N) is 6. The van der Waals surface area contributed by atoms with E-state index in [2.05, 4.69) is 58.1 Å². The van der Waals surface area contributed by atoms with Crippen LogP contribution in [-0.4, -0.2) is 57.2 Å². The number of hydrogen-bond donors (Lipinski definition) is 3. The highest BCUT2D eigenvalue weighted by molar-refractivity contribution is 5.89. The molecule has 0 bridgehead atoms. The van der Waals surface area contributed by atoms with Gasteiger partial charge < -0.3 is 25.4 Å². The minimum Gasteiger partial charge on any atom is -0.369 e. The fourth-order valence-corrected chi connectivity index (χ4v) is 5.86. The molecule has 2 fully saturated rings. The number of nitrogens with one attached hydrogen (secondary N) is 3. The van der Waals surface area contributed by atoms with Crippen molar-refractivity contribution in [3.05, 3.63) is 71.8 Å². The van der Waals surface area contributed by atoms with E-state index in [0.29, 0.717) is 17.1 Å². The van der Waals surface area contributed by atoms with E-state index < -0.39 is 5.91 Å². The fraction of sp³-hybridized carbons (Fsp3) is 0.438. The van der Waals surface area contributed by atoms with Gasteiger partial charge in [-0.2, -0.15) is 4.98 Å². The zero-order valence-corrected chi connectivity index (χ0v) is 25.4. The van der Waals surface area contributed by atoms with Crippen molar-refractivity contribution in [2.24, 2.45) is 5.41 Å². The molecule has 224 valence electrons. The third kappa shape index (κ3) is 6.22. The number of hydrogen-bond acceptors (Lipinski definition) is 10. The molecule has 1 atom stereocenters. The van der Waals surface area contributed by atoms with Crippen LogP contribution in [-0.2, 0) is 5.41 Å². The summed E-state index contributed by atoms with van der Waals surface area (Å²) in [7, 11) is 0. The zero-order chi connectivity index (χ0) is 30.2. The Kier molecular flexibility index (Phi) is 7.59. The number of amides is 1. The van der Waals surface area contributed by atoms with E-state index in [0.717, 1.165) is 60.1 Å². The summed E-state index contributed by atoms with van der Waals surface area (Å²) in [4.78, 5) is 33.0. The van der Waals surface area contributed by atoms with E-state index >= 15 is 0 Å². The number of pyridine rings is 1. The van der Waals surface area contributed by atoms with Crippen molar-refractivity contribution in [3.8, 4) is 11.3 Å². The summed E-state index contributed by atoms with van der Waals surface area (Å²) >= 11 is 0. The molecule has 1 amide bonds. The lowest BCUT2D eigenvalue weighted by atomic mass is 9.72. The maximum atomic E-state index is 12.7. The van der Waals surface area contributed by atoms with E-state index in [-0.39, 0.29) is 17.3 Å². The summed E-state index contributed by atoms with van der Waals surface area (Å²) in [5.74, 6) is 1.46. The van der Waals surface area contributed by atoms with Crippen LogP contribution in [0.5, 0.6) is 0 Å². The quantitative estimate of drug-likeness (QED) is 0.275. The predicted octanol–water partition coefficient (Wildman–Crippen LogP) is 4.95. The second-order valence-corrected chi connectivity index (χ2v) is 12.9. The Bertz CT molecular complexity index is 1600. The summed E-state index contributed by atoms with van der Waals surface area (Å²) in [5, 5.41) is 13.7. The van der Waals surface area contributed by atoms with Gasteiger partial charge in [0.05, 0.1) is 23.6 Å². The summed E-state index contributed by atoms with van der Waals surface area (Å²) in [6, 6.07) is 11.8. The normalized spacial score (nSPS) is 16.9. The molecule has 0 radical (unpaired) electrons. The Morgan fingerprint density at radius 2 is 1.84 bits per heavy atom. The van der Waals surface area contributed by atoms with Crippen LogP contribution in [0.25, 0.3) is 11.3 Å². The molecular formula is C32H39N9O2. The summed E-state index contributed by atoms with van der Waals surface area (Å²) < 4.78 is 5.19. The van der Waals surface area contributed by atoms with E-state index in [4.69, 9.17) is 4.52 Å². The molecule has 11 heteroatoms. The number of benzene rings is 1. The SMILES string of the molecule is Cc1cc(-c2cc(Nc3ccc(N4CC5(CCNCC5)C4)cn3)ncn2)ccc1C(C)NC(=O)c1nc(C(C)(C)C)no1. The Morgan fingerprint density at radius 1 is 1.05 bits per heavy atom. The van der Waals surface area contributed by atoms with E-state index in [1.54, 1.807) is 6.33 Å². The average molecular weight is 582 g/mol. The van der Waals surface area contributed by atoms with Gasteiger partial charge in [-0.15, -0.1) is 0 Å². The number of anilines is 3. The average Bonchev–Trinajstić information content (AvgIpc) is 3.49. The first-order valence-corrected chi connectivity index (χ1v) is 14.9. The number of carbonyl (C=O) groups is 1. The van der Waals surface area contributed by atoms with Crippen LogP contribution in [0.1, 0.15) is 74.2 Å². The van der Waals surface area contributed by atoms with Gasteiger partial charge in [0.15, 0.2) is 5.82 Å². The Balaban J connectivity index is 1.08. The predicted molar refractivity (Wildman–Crippen MR) is 165 cm³/mol. The minimum absolute atomic E-state index is 0.0395. The first-order valence-electron chi connectivity index (χ1n) is 14.9. The standard InChI is InChI=1S/C32H39N9O2/c1-20-14-22(6-8-24(20)21(2)37-28(42)29-39-30(40-43-29)31(3,4)5)25-15-27(36-19-35-25)38-26-9-7-23(16-34-26)41-17-32(18-41)10-12-33-13-11-32/h6-9,14-16,19,21,33H,10-13,17-18H2,1-5H3,(H,37,42)(H,34,35,36,38). The molecule has 1 spiro atoms. The third-order valence-corrected chi connectivity index (χ3v) is 8.42. The van der Waals surface area contributed by atoms with Crippen LogP contribution >= 0.6 is 0 Å². The molecule has 11 nitrogen and oxygen atoms in total. The van der Waals surface area contributed by atoms with Crippen molar-refractivity contribution in [3.63, 3.8) is 0 Å². The lowest BCUT2D eigenvalue weighted by Gasteiger charge is -2.53. The van der Waals surface area contributed by atoms with Gasteiger partial charge in [-0.05, 0) is 69.1 Å². The first kappa shape index (κ1) is 28.7. The molecule has 43 heavy (non-hydrogen) atoms. The largest absolute Gasteiger partial charge is 0.369 e. The van der Waals surface area contributed by atoms with Crippen molar-refractivity contribution < 1.29 is 9.32 Å². The van der Waals surface area contributed by atoms with Gasteiger partial charge in [-0.25, -0.2) is 15.0 Å². The Hall–Kier alpha value is -4.38. The highest BCUT2D eigenvalue weighted by Gasteiger charge is 2.43. The van der Waals surface area contributed by atoms with E-state index in [1.807, 2.05) is 65.1 Å². The number of carbonyl (C=O) groups excluding carboxylic acids is 1. The molecule has 1 aromatic carbocycles. The molecule has 2 aliphatic rings. The highest BCUT2D eigenvalue weighted by Crippen LogP contribution is 2.41. The van der Waals surface area contributed by atoms with Gasteiger partial charge in [0.25, 0.3) is 0 Å². The molecular weight excluding hydrogens is 542 g/mol. The molecule has 6 rings (SSSR count). The van der Waals surface area contributed by atoms with Crippen molar-refractivity contribution in [1.29, 1.82) is 0 Å². The number of aryl methyl sites for hydroxylation is 1. The van der Waals surface area contributed by atoms with Crippen LogP contribution in [0.3, 0.4) is 0 Å². The van der Waals surface area contributed by atoms with Gasteiger partial charge in [0.2, 0.25) is 0 Å². The van der Waals surface area contributed by atoms with Crippen molar-refractivity contribution >= 4 is 23.2 Å². The molecule has 3 N–H and O–H groups in total. The number of rotatable bonds is 7. The zero-order valence-electron chi connectivity index (χ0n) is 25.4. The van der Waals surface area contributed by atoms with Crippen molar-refractivity contribution in [2.75, 3.05) is 36.4 Å². The van der Waals surface area contributed by atoms with Crippen molar-refractivity contribution in [1.82, 2.24) is 35.7 Å². The van der Waals surface area contributed by atoms with Crippen LogP contribution in [0.4, 0.5) is 17.3 Å². The van der Waals surface area contributed by atoms with Gasteiger partial charge in [0.1, 0.15) is 18.0 Å². The summed E-state index contributed by atoms with van der Waals surface area (Å²) in [6.07, 6.45) is 5.99. The third-order valence-electron chi connectivity index (χ3n) is 8.42. The van der Waals surface area contributed by atoms with Crippen LogP contribution in [0.15, 0.2) is 53.4 Å². The first-order chi connectivity index (χ1) is 20.6. The topological polar surface area (TPSA) is 134 Å². The maximum absolute atomic E-state index is 12.7. The molecule has 0 aliphatic carbocycles. The minimum atomic E-state index is -0.400.